The lowest BCUT2D eigenvalue weighted by molar-refractivity contribution is -0.139. The van der Waals surface area contributed by atoms with Gasteiger partial charge in [0, 0.05) is 24.8 Å². The number of rotatable bonds is 4. The third-order valence-corrected chi connectivity index (χ3v) is 3.66. The van der Waals surface area contributed by atoms with Gasteiger partial charge in [0.05, 0.1) is 6.54 Å². The van der Waals surface area contributed by atoms with Gasteiger partial charge in [0.15, 0.2) is 0 Å². The van der Waals surface area contributed by atoms with Crippen molar-refractivity contribution in [1.82, 2.24) is 15.1 Å². The largest absolute Gasteiger partial charge is 0.352 e. The number of carbonyl (C=O) groups is 3. The summed E-state index contributed by atoms with van der Waals surface area (Å²) >= 11 is 0. The fourth-order valence-electron chi connectivity index (χ4n) is 2.52. The highest BCUT2D eigenvalue weighted by Gasteiger charge is 2.28. The molecule has 130 valence electrons. The highest BCUT2D eigenvalue weighted by Crippen LogP contribution is 2.12. The second kappa shape index (κ2) is 7.81. The Hall–Kier alpha value is -2.57. The van der Waals surface area contributed by atoms with E-state index < -0.39 is 0 Å². The maximum atomic E-state index is 12.3. The quantitative estimate of drug-likeness (QED) is 0.869. The molecule has 0 aromatic heterocycles. The van der Waals surface area contributed by atoms with Crippen molar-refractivity contribution in [1.29, 1.82) is 0 Å². The Morgan fingerprint density at radius 2 is 2.00 bits per heavy atom. The van der Waals surface area contributed by atoms with E-state index in [4.69, 9.17) is 0 Å². The van der Waals surface area contributed by atoms with E-state index in [1.807, 2.05) is 39.0 Å². The number of amides is 4. The van der Waals surface area contributed by atoms with Gasteiger partial charge in [0.25, 0.3) is 0 Å². The summed E-state index contributed by atoms with van der Waals surface area (Å²) in [6.45, 7) is 6.45. The molecule has 0 spiro atoms. The summed E-state index contributed by atoms with van der Waals surface area (Å²) in [7, 11) is 0. The first kappa shape index (κ1) is 17.8. The van der Waals surface area contributed by atoms with Gasteiger partial charge in [0.2, 0.25) is 11.8 Å². The molecule has 1 aliphatic rings. The fraction of sp³-hybridized carbons (Fsp3) is 0.471. The van der Waals surface area contributed by atoms with Gasteiger partial charge in [-0.25, -0.2) is 4.79 Å². The molecule has 0 saturated carbocycles. The Kier molecular flexibility index (Phi) is 5.78. The average Bonchev–Trinajstić information content (AvgIpc) is 2.48. The van der Waals surface area contributed by atoms with Gasteiger partial charge in [-0.05, 0) is 38.5 Å². The molecule has 1 aromatic carbocycles. The van der Waals surface area contributed by atoms with Gasteiger partial charge in [-0.1, -0.05) is 12.1 Å². The third kappa shape index (κ3) is 4.97. The lowest BCUT2D eigenvalue weighted by Gasteiger charge is -2.34. The van der Waals surface area contributed by atoms with Gasteiger partial charge < -0.3 is 20.4 Å². The minimum absolute atomic E-state index is 0.0212. The van der Waals surface area contributed by atoms with Crippen LogP contribution in [0.15, 0.2) is 24.3 Å². The highest BCUT2D eigenvalue weighted by atomic mass is 16.2. The minimum Gasteiger partial charge on any atom is -0.352 e. The molecule has 7 nitrogen and oxygen atoms in total. The maximum absolute atomic E-state index is 12.3. The van der Waals surface area contributed by atoms with E-state index in [1.54, 1.807) is 6.07 Å². The van der Waals surface area contributed by atoms with Crippen molar-refractivity contribution in [3.63, 3.8) is 0 Å². The van der Waals surface area contributed by atoms with Gasteiger partial charge in [-0.2, -0.15) is 0 Å². The van der Waals surface area contributed by atoms with Gasteiger partial charge in [-0.15, -0.1) is 0 Å². The summed E-state index contributed by atoms with van der Waals surface area (Å²) in [5.74, 6) is -0.407. The van der Waals surface area contributed by atoms with Gasteiger partial charge in [-0.3, -0.25) is 9.59 Å². The maximum Gasteiger partial charge on any atom is 0.322 e. The molecule has 1 aromatic rings. The molecule has 1 fully saturated rings. The van der Waals surface area contributed by atoms with Gasteiger partial charge >= 0.3 is 6.03 Å². The molecule has 0 unspecified atom stereocenters. The number of aryl methyl sites for hydroxylation is 1. The number of piperazine rings is 1. The summed E-state index contributed by atoms with van der Waals surface area (Å²) < 4.78 is 0. The highest BCUT2D eigenvalue weighted by molar-refractivity contribution is 5.94. The van der Waals surface area contributed by atoms with E-state index in [1.165, 1.54) is 9.80 Å². The summed E-state index contributed by atoms with van der Waals surface area (Å²) in [5, 5.41) is 5.55. The molecule has 1 heterocycles. The predicted molar refractivity (Wildman–Crippen MR) is 91.6 cm³/mol. The first-order chi connectivity index (χ1) is 11.3. The zero-order valence-electron chi connectivity index (χ0n) is 14.3. The number of carbonyl (C=O) groups excluding carboxylic acids is 3. The summed E-state index contributed by atoms with van der Waals surface area (Å²) in [6.07, 6.45) is 0. The van der Waals surface area contributed by atoms with Crippen LogP contribution in [0.25, 0.3) is 0 Å². The van der Waals surface area contributed by atoms with Crippen LogP contribution >= 0.6 is 0 Å². The van der Waals surface area contributed by atoms with Crippen molar-refractivity contribution >= 4 is 23.5 Å². The Morgan fingerprint density at radius 1 is 1.25 bits per heavy atom. The SMILES string of the molecule is Cc1cccc(NC(=O)N2CCN(CC(=O)NC(C)C)C(=O)C2)c1. The molecule has 0 aliphatic carbocycles. The number of hydrogen-bond acceptors (Lipinski definition) is 3. The molecule has 0 radical (unpaired) electrons. The van der Waals surface area contributed by atoms with Crippen LogP contribution in [0.5, 0.6) is 0 Å². The van der Waals surface area contributed by atoms with Crippen LogP contribution < -0.4 is 10.6 Å². The van der Waals surface area contributed by atoms with Crippen LogP contribution in [0, 0.1) is 6.92 Å². The van der Waals surface area contributed by atoms with Crippen molar-refractivity contribution in [3.05, 3.63) is 29.8 Å². The second-order valence-corrected chi connectivity index (χ2v) is 6.26. The number of urea groups is 1. The van der Waals surface area contributed by atoms with E-state index >= 15 is 0 Å². The first-order valence-corrected chi connectivity index (χ1v) is 8.05. The molecule has 24 heavy (non-hydrogen) atoms. The van der Waals surface area contributed by atoms with Crippen LogP contribution in [0.4, 0.5) is 10.5 Å². The molecule has 4 amide bonds. The van der Waals surface area contributed by atoms with E-state index in [0.29, 0.717) is 18.8 Å². The number of nitrogens with zero attached hydrogens (tertiary/aromatic N) is 2. The Balaban J connectivity index is 1.87. The predicted octanol–water partition coefficient (Wildman–Crippen LogP) is 1.20. The van der Waals surface area contributed by atoms with Crippen LogP contribution in [-0.4, -0.2) is 59.9 Å². The smallest absolute Gasteiger partial charge is 0.322 e. The van der Waals surface area contributed by atoms with E-state index in [9.17, 15) is 14.4 Å². The molecule has 2 rings (SSSR count). The van der Waals surface area contributed by atoms with Crippen molar-refractivity contribution in [2.45, 2.75) is 26.8 Å². The first-order valence-electron chi connectivity index (χ1n) is 8.05. The molecule has 2 N–H and O–H groups in total. The van der Waals surface area contributed by atoms with Crippen LogP contribution in [0.3, 0.4) is 0 Å². The van der Waals surface area contributed by atoms with Crippen molar-refractivity contribution in [2.75, 3.05) is 31.5 Å². The normalized spacial score (nSPS) is 14.8. The van der Waals surface area contributed by atoms with E-state index in [0.717, 1.165) is 5.56 Å². The molecule has 7 heteroatoms. The van der Waals surface area contributed by atoms with E-state index in [-0.39, 0.29) is 37.0 Å². The van der Waals surface area contributed by atoms with Crippen LogP contribution in [-0.2, 0) is 9.59 Å². The van der Waals surface area contributed by atoms with Crippen molar-refractivity contribution < 1.29 is 14.4 Å². The van der Waals surface area contributed by atoms with Gasteiger partial charge in [0.1, 0.15) is 6.54 Å². The molecule has 0 bridgehead atoms. The summed E-state index contributed by atoms with van der Waals surface area (Å²) in [6, 6.07) is 7.21. The number of benzene rings is 1. The Labute approximate surface area is 142 Å². The molecular formula is C17H24N4O3. The van der Waals surface area contributed by atoms with E-state index in [2.05, 4.69) is 10.6 Å². The number of nitrogens with one attached hydrogen (secondary N) is 2. The van der Waals surface area contributed by atoms with Crippen LogP contribution in [0.1, 0.15) is 19.4 Å². The standard InChI is InChI=1S/C17H24N4O3/c1-12(2)18-15(22)10-20-7-8-21(11-16(20)23)17(24)19-14-6-4-5-13(3)9-14/h4-6,9,12H,7-8,10-11H2,1-3H3,(H,18,22)(H,19,24). The lowest BCUT2D eigenvalue weighted by Crippen LogP contribution is -2.55. The zero-order chi connectivity index (χ0) is 17.7. The Morgan fingerprint density at radius 3 is 2.62 bits per heavy atom. The monoisotopic (exact) mass is 332 g/mol. The number of anilines is 1. The Bertz CT molecular complexity index is 630. The van der Waals surface area contributed by atoms with Crippen molar-refractivity contribution in [2.24, 2.45) is 0 Å². The molecular weight excluding hydrogens is 308 g/mol. The lowest BCUT2D eigenvalue weighted by atomic mass is 10.2. The fourth-order valence-corrected chi connectivity index (χ4v) is 2.52. The molecule has 1 saturated heterocycles. The zero-order valence-corrected chi connectivity index (χ0v) is 14.3. The third-order valence-electron chi connectivity index (χ3n) is 3.66. The molecule has 1 aliphatic heterocycles. The minimum atomic E-state index is -0.305. The number of hydrogen-bond donors (Lipinski definition) is 2. The summed E-state index contributed by atoms with van der Waals surface area (Å²) in [5.41, 5.74) is 1.75. The van der Waals surface area contributed by atoms with Crippen molar-refractivity contribution in [3.8, 4) is 0 Å². The van der Waals surface area contributed by atoms with Crippen LogP contribution in [0.2, 0.25) is 0 Å². The topological polar surface area (TPSA) is 81.8 Å². The molecule has 0 atom stereocenters. The summed E-state index contributed by atoms with van der Waals surface area (Å²) in [4.78, 5) is 39.1. The second-order valence-electron chi connectivity index (χ2n) is 6.26. The average molecular weight is 332 g/mol.